The molecule has 0 aliphatic rings. The molecule has 106 valence electrons. The molecule has 0 aliphatic carbocycles. The van der Waals surface area contributed by atoms with Gasteiger partial charge in [-0.1, -0.05) is 23.7 Å². The molecule has 2 aromatic rings. The highest BCUT2D eigenvalue weighted by molar-refractivity contribution is 7.92. The minimum absolute atomic E-state index is 0.0417. The van der Waals surface area contributed by atoms with Gasteiger partial charge in [-0.2, -0.15) is 0 Å². The first-order valence-corrected chi connectivity index (χ1v) is 7.50. The normalized spacial score (nSPS) is 11.3. The highest BCUT2D eigenvalue weighted by atomic mass is 35.5. The summed E-state index contributed by atoms with van der Waals surface area (Å²) >= 11 is 5.60. The van der Waals surface area contributed by atoms with Crippen molar-refractivity contribution in [3.8, 4) is 0 Å². The topological polar surface area (TPSA) is 72.2 Å². The molecule has 7 heteroatoms. The van der Waals surface area contributed by atoms with Crippen molar-refractivity contribution in [3.63, 3.8) is 0 Å². The first-order valence-electron chi connectivity index (χ1n) is 5.64. The second-order valence-electron chi connectivity index (χ2n) is 4.23. The van der Waals surface area contributed by atoms with Crippen LogP contribution in [-0.4, -0.2) is 8.42 Å². The van der Waals surface area contributed by atoms with E-state index in [1.54, 1.807) is 13.0 Å². The Labute approximate surface area is 121 Å². The first kappa shape index (κ1) is 14.6. The second-order valence-corrected chi connectivity index (χ2v) is 6.31. The van der Waals surface area contributed by atoms with E-state index in [2.05, 4.69) is 4.72 Å². The summed E-state index contributed by atoms with van der Waals surface area (Å²) in [6.45, 7) is 1.76. The van der Waals surface area contributed by atoms with Crippen LogP contribution in [0.15, 0.2) is 41.3 Å². The van der Waals surface area contributed by atoms with Gasteiger partial charge in [0.25, 0.3) is 10.0 Å². The summed E-state index contributed by atoms with van der Waals surface area (Å²) in [4.78, 5) is -0.0417. The highest BCUT2D eigenvalue weighted by Gasteiger charge is 2.18. The number of halogens is 2. The van der Waals surface area contributed by atoms with Crippen LogP contribution in [0.5, 0.6) is 0 Å². The molecule has 0 spiro atoms. The molecule has 4 nitrogen and oxygen atoms in total. The van der Waals surface area contributed by atoms with E-state index in [0.29, 0.717) is 5.69 Å². The molecule has 0 saturated heterocycles. The lowest BCUT2D eigenvalue weighted by atomic mass is 10.2. The van der Waals surface area contributed by atoms with Crippen molar-refractivity contribution in [1.29, 1.82) is 0 Å². The number of anilines is 2. The Bertz CT molecular complexity index is 763. The SMILES string of the molecule is Cc1ccc(S(=O)(=O)Nc2cccc(Cl)c2F)cc1N. The Morgan fingerprint density at radius 1 is 1.25 bits per heavy atom. The molecule has 0 aliphatic heterocycles. The van der Waals surface area contributed by atoms with Crippen molar-refractivity contribution in [2.24, 2.45) is 0 Å². The van der Waals surface area contributed by atoms with Gasteiger partial charge in [0.15, 0.2) is 5.82 Å². The van der Waals surface area contributed by atoms with Gasteiger partial charge in [-0.3, -0.25) is 4.72 Å². The van der Waals surface area contributed by atoms with Crippen LogP contribution in [0.1, 0.15) is 5.56 Å². The number of nitrogens with one attached hydrogen (secondary N) is 1. The van der Waals surface area contributed by atoms with Crippen molar-refractivity contribution in [1.82, 2.24) is 0 Å². The van der Waals surface area contributed by atoms with E-state index in [1.807, 2.05) is 0 Å². The van der Waals surface area contributed by atoms with Gasteiger partial charge in [0, 0.05) is 5.69 Å². The monoisotopic (exact) mass is 314 g/mol. The lowest BCUT2D eigenvalue weighted by Gasteiger charge is -2.10. The van der Waals surface area contributed by atoms with Gasteiger partial charge in [0.05, 0.1) is 15.6 Å². The van der Waals surface area contributed by atoms with E-state index in [9.17, 15) is 12.8 Å². The number of rotatable bonds is 3. The maximum Gasteiger partial charge on any atom is 0.262 e. The van der Waals surface area contributed by atoms with Gasteiger partial charge < -0.3 is 5.73 Å². The van der Waals surface area contributed by atoms with E-state index < -0.39 is 15.8 Å². The van der Waals surface area contributed by atoms with Gasteiger partial charge in [0.1, 0.15) is 0 Å². The molecule has 2 rings (SSSR count). The van der Waals surface area contributed by atoms with Crippen LogP contribution in [0.4, 0.5) is 15.8 Å². The number of benzene rings is 2. The lowest BCUT2D eigenvalue weighted by molar-refractivity contribution is 0.598. The summed E-state index contributed by atoms with van der Waals surface area (Å²) in [6, 6.07) is 8.37. The highest BCUT2D eigenvalue weighted by Crippen LogP contribution is 2.25. The average molecular weight is 315 g/mol. The Kier molecular flexibility index (Phi) is 3.87. The number of aryl methyl sites for hydroxylation is 1. The zero-order chi connectivity index (χ0) is 14.9. The third-order valence-corrected chi connectivity index (χ3v) is 4.41. The number of hydrogen-bond acceptors (Lipinski definition) is 3. The maximum atomic E-state index is 13.7. The predicted molar refractivity (Wildman–Crippen MR) is 77.8 cm³/mol. The summed E-state index contributed by atoms with van der Waals surface area (Å²) in [5.74, 6) is -0.821. The smallest absolute Gasteiger partial charge is 0.262 e. The Balaban J connectivity index is 2.41. The van der Waals surface area contributed by atoms with Crippen molar-refractivity contribution in [2.75, 3.05) is 10.5 Å². The van der Waals surface area contributed by atoms with Crippen LogP contribution < -0.4 is 10.5 Å². The average Bonchev–Trinajstić information content (AvgIpc) is 2.38. The molecular weight excluding hydrogens is 303 g/mol. The minimum atomic E-state index is -3.92. The number of sulfonamides is 1. The molecule has 0 bridgehead atoms. The molecular formula is C13H12ClFN2O2S. The molecule has 0 unspecified atom stereocenters. The minimum Gasteiger partial charge on any atom is -0.398 e. The van der Waals surface area contributed by atoms with Gasteiger partial charge in [0.2, 0.25) is 0 Å². The zero-order valence-electron chi connectivity index (χ0n) is 10.5. The molecule has 3 N–H and O–H groups in total. The Hall–Kier alpha value is -1.79. The van der Waals surface area contributed by atoms with Gasteiger partial charge >= 0.3 is 0 Å². The second kappa shape index (κ2) is 5.30. The molecule has 2 aromatic carbocycles. The molecule has 0 amide bonds. The lowest BCUT2D eigenvalue weighted by Crippen LogP contribution is -2.14. The third kappa shape index (κ3) is 2.86. The summed E-state index contributed by atoms with van der Waals surface area (Å²) in [5.41, 5.74) is 6.57. The molecule has 0 atom stereocenters. The molecule has 0 fully saturated rings. The van der Waals surface area contributed by atoms with E-state index in [-0.39, 0.29) is 15.6 Å². The van der Waals surface area contributed by atoms with Gasteiger partial charge in [-0.05, 0) is 36.8 Å². The number of hydrogen-bond donors (Lipinski definition) is 2. The fourth-order valence-corrected chi connectivity index (χ4v) is 2.84. The molecule has 0 aromatic heterocycles. The van der Waals surface area contributed by atoms with Crippen LogP contribution in [0.3, 0.4) is 0 Å². The first-order chi connectivity index (χ1) is 9.31. The van der Waals surface area contributed by atoms with E-state index >= 15 is 0 Å². The third-order valence-electron chi connectivity index (χ3n) is 2.76. The van der Waals surface area contributed by atoms with Gasteiger partial charge in [-0.25, -0.2) is 12.8 Å². The molecule has 0 saturated carbocycles. The van der Waals surface area contributed by atoms with Crippen molar-refractivity contribution in [3.05, 3.63) is 52.8 Å². The van der Waals surface area contributed by atoms with E-state index in [0.717, 1.165) is 5.56 Å². The van der Waals surface area contributed by atoms with Crippen LogP contribution in [0, 0.1) is 12.7 Å². The predicted octanol–water partition coefficient (Wildman–Crippen LogP) is 3.17. The maximum absolute atomic E-state index is 13.7. The molecule has 0 heterocycles. The Morgan fingerprint density at radius 3 is 2.60 bits per heavy atom. The fourth-order valence-electron chi connectivity index (χ4n) is 1.57. The largest absolute Gasteiger partial charge is 0.398 e. The van der Waals surface area contributed by atoms with E-state index in [4.69, 9.17) is 17.3 Å². The van der Waals surface area contributed by atoms with Crippen LogP contribution in [0.25, 0.3) is 0 Å². The summed E-state index contributed by atoms with van der Waals surface area (Å²) in [5, 5.41) is -0.159. The van der Waals surface area contributed by atoms with Crippen LogP contribution >= 0.6 is 11.6 Å². The standard InChI is InChI=1S/C13H12ClFN2O2S/c1-8-5-6-9(7-11(8)16)20(18,19)17-12-4-2-3-10(14)13(12)15/h2-7,17H,16H2,1H3. The van der Waals surface area contributed by atoms with E-state index in [1.165, 1.54) is 30.3 Å². The Morgan fingerprint density at radius 2 is 1.95 bits per heavy atom. The molecule has 0 radical (unpaired) electrons. The van der Waals surface area contributed by atoms with Gasteiger partial charge in [-0.15, -0.1) is 0 Å². The number of nitrogen functional groups attached to an aromatic ring is 1. The quantitative estimate of drug-likeness (QED) is 0.855. The van der Waals surface area contributed by atoms with Crippen molar-refractivity contribution in [2.45, 2.75) is 11.8 Å². The van der Waals surface area contributed by atoms with Crippen LogP contribution in [-0.2, 0) is 10.0 Å². The summed E-state index contributed by atoms with van der Waals surface area (Å²) < 4.78 is 40.2. The number of nitrogens with two attached hydrogens (primary N) is 1. The summed E-state index contributed by atoms with van der Waals surface area (Å²) in [7, 11) is -3.92. The zero-order valence-corrected chi connectivity index (χ0v) is 12.1. The molecule has 20 heavy (non-hydrogen) atoms. The van der Waals surface area contributed by atoms with Crippen molar-refractivity contribution < 1.29 is 12.8 Å². The van der Waals surface area contributed by atoms with Crippen molar-refractivity contribution >= 4 is 33.0 Å². The summed E-state index contributed by atoms with van der Waals surface area (Å²) in [6.07, 6.45) is 0. The van der Waals surface area contributed by atoms with Crippen LogP contribution in [0.2, 0.25) is 5.02 Å². The fraction of sp³-hybridized carbons (Fsp3) is 0.0769.